The van der Waals surface area contributed by atoms with Crippen LogP contribution in [-0.2, 0) is 13.6 Å². The minimum atomic E-state index is 0.286. The Hall–Kier alpha value is -2.87. The van der Waals surface area contributed by atoms with Crippen molar-refractivity contribution in [3.05, 3.63) is 35.0 Å². The third kappa shape index (κ3) is 2.22. The van der Waals surface area contributed by atoms with Crippen molar-refractivity contribution >= 4 is 37.6 Å². The summed E-state index contributed by atoms with van der Waals surface area (Å²) in [6, 6.07) is 5.97. The first-order chi connectivity index (χ1) is 12.6. The summed E-state index contributed by atoms with van der Waals surface area (Å²) in [4.78, 5) is 0.947. The highest BCUT2D eigenvalue weighted by atomic mass is 32.1. The van der Waals surface area contributed by atoms with Crippen molar-refractivity contribution in [1.29, 1.82) is 0 Å². The summed E-state index contributed by atoms with van der Waals surface area (Å²) in [5.74, 6) is 2.45. The van der Waals surface area contributed by atoms with Gasteiger partial charge in [-0.2, -0.15) is 10.2 Å². The second kappa shape index (κ2) is 5.57. The highest BCUT2D eigenvalue weighted by Gasteiger charge is 2.19. The summed E-state index contributed by atoms with van der Waals surface area (Å²) >= 11 is 1.62. The number of nitrogens with zero attached hydrogens (tertiary/aromatic N) is 4. The van der Waals surface area contributed by atoms with Gasteiger partial charge in [0.25, 0.3) is 0 Å². The molecule has 0 saturated heterocycles. The molecule has 5 rings (SSSR count). The van der Waals surface area contributed by atoms with E-state index in [-0.39, 0.29) is 6.79 Å². The molecule has 1 aromatic carbocycles. The highest BCUT2D eigenvalue weighted by Crippen LogP contribution is 2.39. The minimum Gasteiger partial charge on any atom is -0.454 e. The van der Waals surface area contributed by atoms with E-state index in [9.17, 15) is 0 Å². The number of aryl methyl sites for hydroxylation is 3. The topological polar surface area (TPSA) is 74.1 Å². The Morgan fingerprint density at radius 1 is 1.19 bits per heavy atom. The molecule has 0 saturated carbocycles. The standard InChI is InChI=1S/C18H17N5O2S/c1-9-10(2)20-21-18-14(9)15-16(26-18)17(22-23(15)3)19-7-11-4-5-12-13(6-11)25-8-24-12/h4-6H,7-8H2,1-3H3,(H,19,22). The van der Waals surface area contributed by atoms with E-state index in [4.69, 9.17) is 9.47 Å². The van der Waals surface area contributed by atoms with E-state index in [0.717, 1.165) is 54.6 Å². The molecule has 26 heavy (non-hydrogen) atoms. The summed E-state index contributed by atoms with van der Waals surface area (Å²) in [6.45, 7) is 5.01. The summed E-state index contributed by atoms with van der Waals surface area (Å²) < 4.78 is 13.8. The van der Waals surface area contributed by atoms with Crippen molar-refractivity contribution in [2.24, 2.45) is 7.05 Å². The molecule has 132 valence electrons. The van der Waals surface area contributed by atoms with Crippen molar-refractivity contribution in [1.82, 2.24) is 20.0 Å². The molecule has 0 bridgehead atoms. The number of hydrogen-bond acceptors (Lipinski definition) is 7. The number of nitrogens with one attached hydrogen (secondary N) is 1. The van der Waals surface area contributed by atoms with Gasteiger partial charge in [0.15, 0.2) is 17.3 Å². The minimum absolute atomic E-state index is 0.286. The first kappa shape index (κ1) is 15.4. The van der Waals surface area contributed by atoms with Crippen molar-refractivity contribution < 1.29 is 9.47 Å². The van der Waals surface area contributed by atoms with Gasteiger partial charge in [0.05, 0.1) is 15.9 Å². The second-order valence-electron chi connectivity index (χ2n) is 6.38. The van der Waals surface area contributed by atoms with Crippen LogP contribution in [0, 0.1) is 13.8 Å². The lowest BCUT2D eigenvalue weighted by Gasteiger charge is -2.04. The molecule has 0 fully saturated rings. The van der Waals surface area contributed by atoms with E-state index >= 15 is 0 Å². The van der Waals surface area contributed by atoms with Crippen LogP contribution >= 0.6 is 11.3 Å². The fraction of sp³-hybridized carbons (Fsp3) is 0.278. The zero-order chi connectivity index (χ0) is 17.8. The number of aromatic nitrogens is 4. The largest absolute Gasteiger partial charge is 0.454 e. The smallest absolute Gasteiger partial charge is 0.231 e. The van der Waals surface area contributed by atoms with Crippen LogP contribution < -0.4 is 14.8 Å². The molecule has 1 aliphatic rings. The third-order valence-corrected chi connectivity index (χ3v) is 5.83. The monoisotopic (exact) mass is 367 g/mol. The average molecular weight is 367 g/mol. The van der Waals surface area contributed by atoms with Crippen LogP contribution in [0.5, 0.6) is 11.5 Å². The summed E-state index contributed by atoms with van der Waals surface area (Å²) in [5.41, 5.74) is 4.33. The first-order valence-corrected chi connectivity index (χ1v) is 9.15. The van der Waals surface area contributed by atoms with Gasteiger partial charge in [-0.05, 0) is 37.1 Å². The van der Waals surface area contributed by atoms with Gasteiger partial charge in [-0.1, -0.05) is 6.07 Å². The van der Waals surface area contributed by atoms with Gasteiger partial charge in [-0.15, -0.1) is 16.4 Å². The van der Waals surface area contributed by atoms with Crippen LogP contribution in [0.2, 0.25) is 0 Å². The maximum Gasteiger partial charge on any atom is 0.231 e. The van der Waals surface area contributed by atoms with Crippen LogP contribution in [0.4, 0.5) is 5.82 Å². The van der Waals surface area contributed by atoms with Gasteiger partial charge < -0.3 is 14.8 Å². The number of ether oxygens (including phenoxy) is 2. The van der Waals surface area contributed by atoms with E-state index in [2.05, 4.69) is 27.5 Å². The number of fused-ring (bicyclic) bond motifs is 4. The molecule has 7 nitrogen and oxygen atoms in total. The Bertz CT molecular complexity index is 1160. The van der Waals surface area contributed by atoms with Crippen molar-refractivity contribution in [2.75, 3.05) is 12.1 Å². The highest BCUT2D eigenvalue weighted by molar-refractivity contribution is 7.26. The number of anilines is 1. The number of benzene rings is 1. The quantitative estimate of drug-likeness (QED) is 0.597. The Labute approximate surface area is 153 Å². The van der Waals surface area contributed by atoms with E-state index < -0.39 is 0 Å². The zero-order valence-corrected chi connectivity index (χ0v) is 15.5. The molecule has 0 radical (unpaired) electrons. The maximum atomic E-state index is 5.45. The maximum absolute atomic E-state index is 5.45. The van der Waals surface area contributed by atoms with Crippen molar-refractivity contribution in [3.63, 3.8) is 0 Å². The molecule has 4 heterocycles. The molecular weight excluding hydrogens is 350 g/mol. The molecule has 8 heteroatoms. The fourth-order valence-electron chi connectivity index (χ4n) is 3.26. The Morgan fingerprint density at radius 2 is 2.04 bits per heavy atom. The number of thiophene rings is 1. The van der Waals surface area contributed by atoms with Crippen LogP contribution in [0.25, 0.3) is 20.4 Å². The normalized spacial score (nSPS) is 13.0. The molecule has 1 N–H and O–H groups in total. The van der Waals surface area contributed by atoms with Gasteiger partial charge in [0.2, 0.25) is 6.79 Å². The second-order valence-corrected chi connectivity index (χ2v) is 7.38. The lowest BCUT2D eigenvalue weighted by atomic mass is 10.1. The lowest BCUT2D eigenvalue weighted by molar-refractivity contribution is 0.174. The number of hydrogen-bond donors (Lipinski definition) is 1. The summed E-state index contributed by atoms with van der Waals surface area (Å²) in [6.07, 6.45) is 0. The lowest BCUT2D eigenvalue weighted by Crippen LogP contribution is -2.01. The molecule has 1 aliphatic heterocycles. The van der Waals surface area contributed by atoms with E-state index in [1.54, 1.807) is 11.3 Å². The van der Waals surface area contributed by atoms with Crippen LogP contribution in [0.3, 0.4) is 0 Å². The Kier molecular flexibility index (Phi) is 3.30. The van der Waals surface area contributed by atoms with Gasteiger partial charge in [-0.25, -0.2) is 0 Å². The fourth-order valence-corrected chi connectivity index (χ4v) is 4.43. The van der Waals surface area contributed by atoms with Gasteiger partial charge in [-0.3, -0.25) is 4.68 Å². The summed E-state index contributed by atoms with van der Waals surface area (Å²) in [7, 11) is 1.97. The van der Waals surface area contributed by atoms with Crippen molar-refractivity contribution in [2.45, 2.75) is 20.4 Å². The predicted octanol–water partition coefficient (Wildman–Crippen LogP) is 3.54. The summed E-state index contributed by atoms with van der Waals surface area (Å²) in [5, 5.41) is 17.9. The SMILES string of the molecule is Cc1nnc2sc3c(NCc4ccc5c(c4)OCO5)nn(C)c3c2c1C. The first-order valence-electron chi connectivity index (χ1n) is 8.33. The molecular formula is C18H17N5O2S. The van der Waals surface area contributed by atoms with Gasteiger partial charge in [0.1, 0.15) is 4.83 Å². The zero-order valence-electron chi connectivity index (χ0n) is 14.7. The molecule has 0 atom stereocenters. The molecule has 0 unspecified atom stereocenters. The van der Waals surface area contributed by atoms with E-state index in [0.29, 0.717) is 6.54 Å². The van der Waals surface area contributed by atoms with Crippen LogP contribution in [-0.4, -0.2) is 26.8 Å². The van der Waals surface area contributed by atoms with Gasteiger partial charge >= 0.3 is 0 Å². The Balaban J connectivity index is 1.52. The Morgan fingerprint density at radius 3 is 2.92 bits per heavy atom. The van der Waals surface area contributed by atoms with Gasteiger partial charge in [0, 0.05) is 19.0 Å². The predicted molar refractivity (Wildman–Crippen MR) is 101 cm³/mol. The van der Waals surface area contributed by atoms with E-state index in [1.165, 1.54) is 0 Å². The van der Waals surface area contributed by atoms with Crippen LogP contribution in [0.15, 0.2) is 18.2 Å². The molecule has 0 amide bonds. The molecule has 0 spiro atoms. The molecule has 4 aromatic rings. The van der Waals surface area contributed by atoms with Crippen LogP contribution in [0.1, 0.15) is 16.8 Å². The average Bonchev–Trinajstić information content (AvgIpc) is 3.31. The van der Waals surface area contributed by atoms with E-state index in [1.807, 2.05) is 36.9 Å². The number of rotatable bonds is 3. The third-order valence-electron chi connectivity index (χ3n) is 4.76. The molecule has 3 aromatic heterocycles. The van der Waals surface area contributed by atoms with Crippen molar-refractivity contribution in [3.8, 4) is 11.5 Å². The molecule has 0 aliphatic carbocycles.